The zero-order valence-electron chi connectivity index (χ0n) is 22.0. The number of hydrogen-bond donors (Lipinski definition) is 0. The third-order valence-electron chi connectivity index (χ3n) is 9.08. The second-order valence-electron chi connectivity index (χ2n) is 11.5. The molecular formula is C34H34NO+. The van der Waals surface area contributed by atoms with E-state index in [-0.39, 0.29) is 5.41 Å². The van der Waals surface area contributed by atoms with Gasteiger partial charge in [0.1, 0.15) is 18.2 Å². The Hall–Kier alpha value is -3.39. The molecule has 0 N–H and O–H groups in total. The van der Waals surface area contributed by atoms with E-state index in [0.717, 1.165) is 11.2 Å². The fourth-order valence-electron chi connectivity index (χ4n) is 7.51. The quantitative estimate of drug-likeness (QED) is 0.235. The number of aromatic nitrogens is 1. The fourth-order valence-corrected chi connectivity index (χ4v) is 7.51. The van der Waals surface area contributed by atoms with Gasteiger partial charge in [0.2, 0.25) is 5.69 Å². The van der Waals surface area contributed by atoms with Crippen LogP contribution < -0.4 is 4.57 Å². The second kappa shape index (κ2) is 7.56. The first-order valence-electron chi connectivity index (χ1n) is 13.5. The molecule has 36 heavy (non-hydrogen) atoms. The lowest BCUT2D eigenvalue weighted by atomic mass is 9.75. The molecule has 180 valence electrons. The van der Waals surface area contributed by atoms with Gasteiger partial charge >= 0.3 is 0 Å². The molecule has 2 heterocycles. The highest BCUT2D eigenvalue weighted by molar-refractivity contribution is 6.14. The standard InChI is InChI=1S/C34H34NO/c1-20(2)26-18-28(35(5)19-22(26)4)30-21(3)12-13-25-31-29(36-33(25)30)15-14-24-23-10-6-7-11-27(23)34(32(24)31)16-8-9-17-34/h6-7,10-15,18-20H,8-9,16-17H2,1-5H3/q+1. The van der Waals surface area contributed by atoms with Crippen LogP contribution in [-0.4, -0.2) is 0 Å². The van der Waals surface area contributed by atoms with Crippen molar-refractivity contribution in [3.05, 3.63) is 88.6 Å². The first kappa shape index (κ1) is 21.9. The Labute approximate surface area is 213 Å². The summed E-state index contributed by atoms with van der Waals surface area (Å²) in [6.45, 7) is 9.00. The number of aryl methyl sites for hydroxylation is 3. The zero-order valence-corrected chi connectivity index (χ0v) is 22.0. The summed E-state index contributed by atoms with van der Waals surface area (Å²) < 4.78 is 9.09. The van der Waals surface area contributed by atoms with E-state index in [1.165, 1.54) is 86.7 Å². The Bertz CT molecular complexity index is 1690. The molecular weight excluding hydrogens is 438 g/mol. The van der Waals surface area contributed by atoms with Gasteiger partial charge in [0.15, 0.2) is 6.20 Å². The van der Waals surface area contributed by atoms with Crippen molar-refractivity contribution >= 4 is 21.9 Å². The number of fused-ring (bicyclic) bond motifs is 9. The lowest BCUT2D eigenvalue weighted by Crippen LogP contribution is -2.32. The van der Waals surface area contributed by atoms with E-state index in [9.17, 15) is 0 Å². The summed E-state index contributed by atoms with van der Waals surface area (Å²) >= 11 is 0. The van der Waals surface area contributed by atoms with Crippen molar-refractivity contribution in [1.29, 1.82) is 0 Å². The van der Waals surface area contributed by atoms with Crippen molar-refractivity contribution in [2.75, 3.05) is 0 Å². The van der Waals surface area contributed by atoms with E-state index in [1.807, 2.05) is 0 Å². The largest absolute Gasteiger partial charge is 0.455 e. The lowest BCUT2D eigenvalue weighted by molar-refractivity contribution is -0.660. The van der Waals surface area contributed by atoms with E-state index >= 15 is 0 Å². The molecule has 0 aliphatic heterocycles. The minimum atomic E-state index is 0.118. The summed E-state index contributed by atoms with van der Waals surface area (Å²) in [7, 11) is 2.16. The van der Waals surface area contributed by atoms with Gasteiger partial charge in [-0.2, -0.15) is 0 Å². The van der Waals surface area contributed by atoms with Crippen molar-refractivity contribution < 1.29 is 8.98 Å². The molecule has 2 aliphatic carbocycles. The maximum atomic E-state index is 6.82. The molecule has 2 aliphatic rings. The average molecular weight is 473 g/mol. The Morgan fingerprint density at radius 3 is 2.44 bits per heavy atom. The second-order valence-corrected chi connectivity index (χ2v) is 11.5. The third kappa shape index (κ3) is 2.76. The maximum Gasteiger partial charge on any atom is 0.216 e. The Kier molecular flexibility index (Phi) is 4.59. The lowest BCUT2D eigenvalue weighted by Gasteiger charge is -2.27. The highest BCUT2D eigenvalue weighted by Gasteiger charge is 2.46. The summed E-state index contributed by atoms with van der Waals surface area (Å²) in [5.41, 5.74) is 14.5. The summed E-state index contributed by atoms with van der Waals surface area (Å²) in [5.74, 6) is 0.476. The van der Waals surface area contributed by atoms with Gasteiger partial charge in [-0.05, 0) is 72.1 Å². The predicted molar refractivity (Wildman–Crippen MR) is 149 cm³/mol. The predicted octanol–water partition coefficient (Wildman–Crippen LogP) is 8.66. The van der Waals surface area contributed by atoms with Crippen LogP contribution in [-0.2, 0) is 12.5 Å². The molecule has 1 spiro atoms. The van der Waals surface area contributed by atoms with Crippen molar-refractivity contribution in [3.8, 4) is 22.4 Å². The molecule has 1 saturated carbocycles. The van der Waals surface area contributed by atoms with Gasteiger partial charge in [0.25, 0.3) is 0 Å². The molecule has 0 bridgehead atoms. The maximum absolute atomic E-state index is 6.82. The van der Waals surface area contributed by atoms with E-state index in [1.54, 1.807) is 0 Å². The first-order valence-corrected chi connectivity index (χ1v) is 13.5. The van der Waals surface area contributed by atoms with Crippen LogP contribution in [0.25, 0.3) is 44.3 Å². The highest BCUT2D eigenvalue weighted by atomic mass is 16.3. The minimum Gasteiger partial charge on any atom is -0.455 e. The molecule has 2 heteroatoms. The Morgan fingerprint density at radius 2 is 1.67 bits per heavy atom. The summed E-state index contributed by atoms with van der Waals surface area (Å²) in [6, 6.07) is 20.6. The van der Waals surface area contributed by atoms with E-state index in [4.69, 9.17) is 4.42 Å². The van der Waals surface area contributed by atoms with Gasteiger partial charge in [0.05, 0.1) is 5.56 Å². The smallest absolute Gasteiger partial charge is 0.216 e. The van der Waals surface area contributed by atoms with Crippen LogP contribution in [0.4, 0.5) is 0 Å². The van der Waals surface area contributed by atoms with Crippen molar-refractivity contribution in [2.24, 2.45) is 7.05 Å². The van der Waals surface area contributed by atoms with Crippen molar-refractivity contribution in [1.82, 2.24) is 0 Å². The molecule has 3 aromatic carbocycles. The van der Waals surface area contributed by atoms with Crippen LogP contribution in [0.2, 0.25) is 0 Å². The molecule has 2 nitrogen and oxygen atoms in total. The van der Waals surface area contributed by atoms with E-state index in [0.29, 0.717) is 5.92 Å². The van der Waals surface area contributed by atoms with Gasteiger partial charge in [-0.25, -0.2) is 4.57 Å². The molecule has 1 fully saturated rings. The Balaban J connectivity index is 1.58. The molecule has 0 amide bonds. The number of benzene rings is 3. The number of pyridine rings is 1. The third-order valence-corrected chi connectivity index (χ3v) is 9.08. The van der Waals surface area contributed by atoms with Crippen LogP contribution in [0, 0.1) is 13.8 Å². The molecule has 0 unspecified atom stereocenters. The molecule has 0 atom stereocenters. The highest BCUT2D eigenvalue weighted by Crippen LogP contribution is 2.59. The van der Waals surface area contributed by atoms with Crippen molar-refractivity contribution in [2.45, 2.75) is 64.7 Å². The molecule has 2 aromatic heterocycles. The first-order chi connectivity index (χ1) is 17.4. The van der Waals surface area contributed by atoms with Crippen LogP contribution >= 0.6 is 0 Å². The normalized spacial score (nSPS) is 15.9. The summed E-state index contributed by atoms with van der Waals surface area (Å²) in [6.07, 6.45) is 7.31. The fraction of sp³-hybridized carbons (Fsp3) is 0.324. The van der Waals surface area contributed by atoms with Gasteiger partial charge < -0.3 is 4.42 Å². The number of rotatable bonds is 2. The molecule has 0 radical (unpaired) electrons. The van der Waals surface area contributed by atoms with Gasteiger partial charge in [-0.1, -0.05) is 69.2 Å². The topological polar surface area (TPSA) is 17.0 Å². The molecule has 0 saturated heterocycles. The van der Waals surface area contributed by atoms with E-state index in [2.05, 4.69) is 100 Å². The monoisotopic (exact) mass is 472 g/mol. The van der Waals surface area contributed by atoms with Gasteiger partial charge in [-0.15, -0.1) is 0 Å². The van der Waals surface area contributed by atoms with Crippen LogP contribution in [0.1, 0.15) is 73.3 Å². The van der Waals surface area contributed by atoms with Gasteiger partial charge in [-0.3, -0.25) is 0 Å². The zero-order chi connectivity index (χ0) is 24.8. The average Bonchev–Trinajstić information content (AvgIpc) is 3.56. The van der Waals surface area contributed by atoms with Crippen LogP contribution in [0.15, 0.2) is 65.2 Å². The summed E-state index contributed by atoms with van der Waals surface area (Å²) in [5, 5.41) is 2.59. The van der Waals surface area contributed by atoms with Crippen molar-refractivity contribution in [3.63, 3.8) is 0 Å². The van der Waals surface area contributed by atoms with Gasteiger partial charge in [0, 0.05) is 27.8 Å². The number of nitrogens with zero attached hydrogens (tertiary/aromatic N) is 1. The summed E-state index contributed by atoms with van der Waals surface area (Å²) in [4.78, 5) is 0. The number of furan rings is 1. The Morgan fingerprint density at radius 1 is 0.889 bits per heavy atom. The molecule has 7 rings (SSSR count). The minimum absolute atomic E-state index is 0.118. The number of hydrogen-bond acceptors (Lipinski definition) is 1. The SMILES string of the molecule is Cc1c[n+](C)c(-c2c(C)ccc3c2oc2ccc4c(c23)C2(CCCC2)c2ccccc2-4)cc1C(C)C. The molecule has 5 aromatic rings. The van der Waals surface area contributed by atoms with E-state index < -0.39 is 0 Å². The van der Waals surface area contributed by atoms with Crippen LogP contribution in [0.3, 0.4) is 0 Å². The van der Waals surface area contributed by atoms with Crippen LogP contribution in [0.5, 0.6) is 0 Å².